The number of nitrogens with one attached hydrogen (secondary N) is 1. The van der Waals surface area contributed by atoms with Gasteiger partial charge in [0, 0.05) is 12.1 Å². The maximum Gasteiger partial charge on any atom is 0.404 e. The molecule has 0 aliphatic carbocycles. The molecule has 5 N–H and O–H groups in total. The van der Waals surface area contributed by atoms with E-state index in [1.165, 1.54) is 0 Å². The Morgan fingerprint density at radius 1 is 1.33 bits per heavy atom. The predicted octanol–water partition coefficient (Wildman–Crippen LogP) is 0.413. The lowest BCUT2D eigenvalue weighted by Gasteiger charge is -2.05. The molecule has 0 heterocycles. The number of hydrogen-bond acceptors (Lipinski definition) is 4. The first-order chi connectivity index (χ1) is 8.58. The molecular formula is C12H17N3O3. The number of rotatable bonds is 6. The number of primary amides is 1. The Bertz CT molecular complexity index is 421. The van der Waals surface area contributed by atoms with Crippen LogP contribution >= 0.6 is 0 Å². The van der Waals surface area contributed by atoms with Crippen molar-refractivity contribution in [2.75, 3.05) is 18.9 Å². The highest BCUT2D eigenvalue weighted by molar-refractivity contribution is 5.76. The molecule has 1 aromatic carbocycles. The Morgan fingerprint density at radius 3 is 2.78 bits per heavy atom. The quantitative estimate of drug-likeness (QED) is 0.502. The van der Waals surface area contributed by atoms with Gasteiger partial charge in [0.25, 0.3) is 0 Å². The molecular weight excluding hydrogens is 234 g/mol. The van der Waals surface area contributed by atoms with Crippen molar-refractivity contribution in [3.8, 4) is 0 Å². The third-order valence-corrected chi connectivity index (χ3v) is 2.26. The Morgan fingerprint density at radius 2 is 2.11 bits per heavy atom. The summed E-state index contributed by atoms with van der Waals surface area (Å²) in [7, 11) is 0. The van der Waals surface area contributed by atoms with Crippen molar-refractivity contribution in [1.82, 2.24) is 5.32 Å². The minimum absolute atomic E-state index is 0.0827. The fraction of sp³-hybridized carbons (Fsp3) is 0.333. The second kappa shape index (κ2) is 7.16. The average molecular weight is 251 g/mol. The molecule has 0 aromatic heterocycles. The number of ether oxygens (including phenoxy) is 1. The lowest BCUT2D eigenvalue weighted by Crippen LogP contribution is -2.29. The van der Waals surface area contributed by atoms with Gasteiger partial charge in [0.05, 0.1) is 6.54 Å². The third kappa shape index (κ3) is 5.74. The minimum Gasteiger partial charge on any atom is -0.448 e. The molecule has 0 spiro atoms. The third-order valence-electron chi connectivity index (χ3n) is 2.26. The Hall–Kier alpha value is -2.24. The van der Waals surface area contributed by atoms with Crippen molar-refractivity contribution < 1.29 is 14.3 Å². The van der Waals surface area contributed by atoms with E-state index in [4.69, 9.17) is 11.5 Å². The van der Waals surface area contributed by atoms with Crippen molar-refractivity contribution >= 4 is 17.7 Å². The summed E-state index contributed by atoms with van der Waals surface area (Å²) in [4.78, 5) is 21.7. The van der Waals surface area contributed by atoms with E-state index in [0.717, 1.165) is 5.56 Å². The summed E-state index contributed by atoms with van der Waals surface area (Å²) < 4.78 is 4.48. The van der Waals surface area contributed by atoms with Crippen LogP contribution in [0.4, 0.5) is 10.5 Å². The molecule has 0 radical (unpaired) electrons. The standard InChI is InChI=1S/C12H17N3O3/c13-10-3-1-2-9(8-10)4-5-11(16)15-6-7-18-12(14)17/h1-3,8H,4-7,13H2,(H2,14,17)(H,15,16). The van der Waals surface area contributed by atoms with Gasteiger partial charge in [-0.2, -0.15) is 0 Å². The lowest BCUT2D eigenvalue weighted by molar-refractivity contribution is -0.121. The van der Waals surface area contributed by atoms with Gasteiger partial charge in [0.1, 0.15) is 6.61 Å². The number of carbonyl (C=O) groups is 2. The Labute approximate surface area is 105 Å². The van der Waals surface area contributed by atoms with Gasteiger partial charge in [0.15, 0.2) is 0 Å². The van der Waals surface area contributed by atoms with Gasteiger partial charge in [-0.15, -0.1) is 0 Å². The van der Waals surface area contributed by atoms with Gasteiger partial charge < -0.3 is 21.5 Å². The lowest BCUT2D eigenvalue weighted by atomic mass is 10.1. The summed E-state index contributed by atoms with van der Waals surface area (Å²) in [5, 5.41) is 2.62. The zero-order chi connectivity index (χ0) is 13.4. The first kappa shape index (κ1) is 13.8. The van der Waals surface area contributed by atoms with E-state index in [9.17, 15) is 9.59 Å². The molecule has 1 aromatic rings. The van der Waals surface area contributed by atoms with Crippen LogP contribution in [-0.2, 0) is 16.0 Å². The van der Waals surface area contributed by atoms with Crippen LogP contribution in [0.3, 0.4) is 0 Å². The summed E-state index contributed by atoms with van der Waals surface area (Å²) in [6, 6.07) is 7.40. The fourth-order valence-electron chi connectivity index (χ4n) is 1.44. The van der Waals surface area contributed by atoms with Crippen LogP contribution in [-0.4, -0.2) is 25.2 Å². The van der Waals surface area contributed by atoms with E-state index in [0.29, 0.717) is 18.5 Å². The normalized spacial score (nSPS) is 9.78. The molecule has 98 valence electrons. The first-order valence-corrected chi connectivity index (χ1v) is 5.61. The Kier molecular flexibility index (Phi) is 5.50. The van der Waals surface area contributed by atoms with Crippen LogP contribution in [0, 0.1) is 0 Å². The summed E-state index contributed by atoms with van der Waals surface area (Å²) in [5.41, 5.74) is 12.1. The van der Waals surface area contributed by atoms with Gasteiger partial charge in [-0.3, -0.25) is 4.79 Å². The van der Waals surface area contributed by atoms with E-state index in [1.807, 2.05) is 18.2 Å². The molecule has 6 heteroatoms. The molecule has 0 saturated carbocycles. The highest BCUT2D eigenvalue weighted by atomic mass is 16.5. The molecule has 2 amide bonds. The monoisotopic (exact) mass is 251 g/mol. The smallest absolute Gasteiger partial charge is 0.404 e. The summed E-state index contributed by atoms with van der Waals surface area (Å²) in [5.74, 6) is -0.106. The first-order valence-electron chi connectivity index (χ1n) is 5.61. The van der Waals surface area contributed by atoms with Crippen molar-refractivity contribution in [3.05, 3.63) is 29.8 Å². The minimum atomic E-state index is -0.844. The van der Waals surface area contributed by atoms with Crippen LogP contribution in [0.1, 0.15) is 12.0 Å². The summed E-state index contributed by atoms with van der Waals surface area (Å²) in [6.07, 6.45) is 0.136. The number of nitrogens with two attached hydrogens (primary N) is 2. The van der Waals surface area contributed by atoms with Crippen molar-refractivity contribution in [2.45, 2.75) is 12.8 Å². The van der Waals surface area contributed by atoms with E-state index >= 15 is 0 Å². The van der Waals surface area contributed by atoms with E-state index in [2.05, 4.69) is 10.1 Å². The molecule has 1 rings (SSSR count). The second-order valence-electron chi connectivity index (χ2n) is 3.76. The van der Waals surface area contributed by atoms with E-state index in [-0.39, 0.29) is 19.1 Å². The van der Waals surface area contributed by atoms with Crippen LogP contribution in [0.15, 0.2) is 24.3 Å². The number of nitrogen functional groups attached to an aromatic ring is 1. The topological polar surface area (TPSA) is 107 Å². The predicted molar refractivity (Wildman–Crippen MR) is 67.7 cm³/mol. The Balaban J connectivity index is 2.19. The number of aryl methyl sites for hydroxylation is 1. The van der Waals surface area contributed by atoms with Gasteiger partial charge in [-0.1, -0.05) is 12.1 Å². The van der Waals surface area contributed by atoms with Crippen LogP contribution in [0.2, 0.25) is 0 Å². The number of benzene rings is 1. The summed E-state index contributed by atoms with van der Waals surface area (Å²) >= 11 is 0. The van der Waals surface area contributed by atoms with Crippen LogP contribution in [0.25, 0.3) is 0 Å². The zero-order valence-corrected chi connectivity index (χ0v) is 10.0. The maximum atomic E-state index is 11.4. The second-order valence-corrected chi connectivity index (χ2v) is 3.76. The largest absolute Gasteiger partial charge is 0.448 e. The van der Waals surface area contributed by atoms with Crippen LogP contribution < -0.4 is 16.8 Å². The molecule has 0 aliphatic rings. The van der Waals surface area contributed by atoms with E-state index in [1.54, 1.807) is 6.07 Å². The molecule has 0 fully saturated rings. The molecule has 0 aliphatic heterocycles. The molecule has 0 atom stereocenters. The number of hydrogen-bond donors (Lipinski definition) is 3. The number of carbonyl (C=O) groups excluding carboxylic acids is 2. The van der Waals surface area contributed by atoms with Crippen molar-refractivity contribution in [1.29, 1.82) is 0 Å². The zero-order valence-electron chi connectivity index (χ0n) is 10.0. The van der Waals surface area contributed by atoms with Crippen LogP contribution in [0.5, 0.6) is 0 Å². The summed E-state index contributed by atoms with van der Waals surface area (Å²) in [6.45, 7) is 0.345. The number of amides is 2. The van der Waals surface area contributed by atoms with Gasteiger partial charge >= 0.3 is 6.09 Å². The number of anilines is 1. The molecule has 0 saturated heterocycles. The average Bonchev–Trinajstić information content (AvgIpc) is 2.32. The highest BCUT2D eigenvalue weighted by Crippen LogP contribution is 2.08. The fourth-order valence-corrected chi connectivity index (χ4v) is 1.44. The highest BCUT2D eigenvalue weighted by Gasteiger charge is 2.02. The molecule has 18 heavy (non-hydrogen) atoms. The van der Waals surface area contributed by atoms with Gasteiger partial charge in [-0.25, -0.2) is 4.79 Å². The molecule has 0 bridgehead atoms. The SMILES string of the molecule is NC(=O)OCCNC(=O)CCc1cccc(N)c1. The van der Waals surface area contributed by atoms with Crippen molar-refractivity contribution in [2.24, 2.45) is 5.73 Å². The van der Waals surface area contributed by atoms with Crippen molar-refractivity contribution in [3.63, 3.8) is 0 Å². The maximum absolute atomic E-state index is 11.4. The molecule has 6 nitrogen and oxygen atoms in total. The van der Waals surface area contributed by atoms with Gasteiger partial charge in [-0.05, 0) is 24.1 Å². The van der Waals surface area contributed by atoms with Gasteiger partial charge in [0.2, 0.25) is 5.91 Å². The molecule has 0 unspecified atom stereocenters. The van der Waals surface area contributed by atoms with E-state index < -0.39 is 6.09 Å².